The van der Waals surface area contributed by atoms with Crippen LogP contribution in [0.5, 0.6) is 0 Å². The number of pyridine rings is 2. The lowest BCUT2D eigenvalue weighted by Crippen LogP contribution is -1.92. The van der Waals surface area contributed by atoms with Gasteiger partial charge in [0.1, 0.15) is 0 Å². The molecular weight excluding hydrogens is 605 g/mol. The van der Waals surface area contributed by atoms with E-state index in [2.05, 4.69) is 180 Å². The van der Waals surface area contributed by atoms with Gasteiger partial charge in [0.15, 0.2) is 0 Å². The predicted octanol–water partition coefficient (Wildman–Crippen LogP) is 12.0. The number of aromatic nitrogens is 2. The largest absolute Gasteiger partial charge is 0.256 e. The first-order valence-electron chi connectivity index (χ1n) is 16.8. The monoisotopic (exact) mass is 640 g/mol. The number of hydrogen-bond acceptors (Lipinski definition) is 2. The molecule has 2 heterocycles. The van der Waals surface area contributed by atoms with Gasteiger partial charge in [0.05, 0.1) is 11.4 Å². The molecule has 238 valence electrons. The van der Waals surface area contributed by atoms with E-state index in [0.717, 1.165) is 67.0 Å². The summed E-state index contributed by atoms with van der Waals surface area (Å²) >= 11 is 0. The highest BCUT2D eigenvalue weighted by atomic mass is 14.7. The minimum Gasteiger partial charge on any atom is -0.256 e. The van der Waals surface area contributed by atoms with Gasteiger partial charge in [-0.3, -0.25) is 9.97 Å². The molecule has 0 saturated carbocycles. The Morgan fingerprint density at radius 2 is 0.680 bits per heavy atom. The van der Waals surface area contributed by atoms with Crippen molar-refractivity contribution in [3.05, 3.63) is 238 Å². The van der Waals surface area contributed by atoms with Crippen molar-refractivity contribution in [2.24, 2.45) is 0 Å². The fraction of sp³-hybridized carbons (Fsp3) is 0. The fourth-order valence-electron chi connectivity index (χ4n) is 5.88. The third-order valence-electron chi connectivity index (χ3n) is 8.49. The first-order chi connectivity index (χ1) is 24.8. The second kappa shape index (κ2) is 16.0. The van der Waals surface area contributed by atoms with Gasteiger partial charge in [0.25, 0.3) is 0 Å². The second-order valence-electron chi connectivity index (χ2n) is 11.9. The molecule has 0 atom stereocenters. The van der Waals surface area contributed by atoms with Gasteiger partial charge in [-0.2, -0.15) is 0 Å². The highest BCUT2D eigenvalue weighted by molar-refractivity contribution is 5.93. The Labute approximate surface area is 294 Å². The van der Waals surface area contributed by atoms with Crippen LogP contribution in [0.3, 0.4) is 0 Å². The lowest BCUT2D eigenvalue weighted by atomic mass is 9.96. The first kappa shape index (κ1) is 31.9. The summed E-state index contributed by atoms with van der Waals surface area (Å²) < 4.78 is 0. The van der Waals surface area contributed by atoms with Crippen molar-refractivity contribution in [2.75, 3.05) is 0 Å². The van der Waals surface area contributed by atoms with E-state index in [9.17, 15) is 0 Å². The van der Waals surface area contributed by atoms with Crippen molar-refractivity contribution < 1.29 is 0 Å². The molecule has 2 heteroatoms. The van der Waals surface area contributed by atoms with Crippen LogP contribution >= 0.6 is 0 Å². The van der Waals surface area contributed by atoms with E-state index in [1.165, 1.54) is 0 Å². The average molecular weight is 641 g/mol. The molecular formula is C48H36N2. The van der Waals surface area contributed by atoms with Crippen molar-refractivity contribution in [2.45, 2.75) is 0 Å². The molecule has 2 nitrogen and oxygen atoms in total. The van der Waals surface area contributed by atoms with Crippen LogP contribution in [0.15, 0.2) is 182 Å². The smallest absolute Gasteiger partial charge is 0.0708 e. The Bertz CT molecular complexity index is 2020. The molecule has 0 unspecified atom stereocenters. The summed E-state index contributed by atoms with van der Waals surface area (Å²) in [7, 11) is 0. The lowest BCUT2D eigenvalue weighted by molar-refractivity contribution is 1.27. The molecule has 0 amide bonds. The third kappa shape index (κ3) is 8.07. The van der Waals surface area contributed by atoms with E-state index in [-0.39, 0.29) is 0 Å². The van der Waals surface area contributed by atoms with Crippen molar-refractivity contribution >= 4 is 47.6 Å². The zero-order chi connectivity index (χ0) is 33.8. The summed E-state index contributed by atoms with van der Waals surface area (Å²) in [5, 5.41) is 0. The van der Waals surface area contributed by atoms with Gasteiger partial charge in [0, 0.05) is 23.5 Å². The second-order valence-corrected chi connectivity index (χ2v) is 11.9. The van der Waals surface area contributed by atoms with E-state index in [1.807, 2.05) is 48.8 Å². The van der Waals surface area contributed by atoms with Crippen LogP contribution < -0.4 is 0 Å². The van der Waals surface area contributed by atoms with Gasteiger partial charge in [0.2, 0.25) is 0 Å². The van der Waals surface area contributed by atoms with Gasteiger partial charge in [-0.1, -0.05) is 170 Å². The summed E-state index contributed by atoms with van der Waals surface area (Å²) in [5.74, 6) is 0. The maximum Gasteiger partial charge on any atom is 0.0708 e. The van der Waals surface area contributed by atoms with Gasteiger partial charge >= 0.3 is 0 Å². The van der Waals surface area contributed by atoms with Crippen molar-refractivity contribution in [3.8, 4) is 0 Å². The molecule has 2 aromatic heterocycles. The zero-order valence-electron chi connectivity index (χ0n) is 27.7. The summed E-state index contributed by atoms with van der Waals surface area (Å²) in [6.45, 7) is 0. The van der Waals surface area contributed by atoms with Crippen molar-refractivity contribution in [1.82, 2.24) is 9.97 Å². The van der Waals surface area contributed by atoms with Gasteiger partial charge in [-0.25, -0.2) is 0 Å². The summed E-state index contributed by atoms with van der Waals surface area (Å²) in [6.07, 6.45) is 16.9. The quantitative estimate of drug-likeness (QED) is 0.139. The Morgan fingerprint density at radius 3 is 1.06 bits per heavy atom. The molecule has 0 N–H and O–H groups in total. The maximum absolute atomic E-state index is 4.66. The van der Waals surface area contributed by atoms with Crippen LogP contribution in [0.2, 0.25) is 0 Å². The fourth-order valence-corrected chi connectivity index (χ4v) is 5.88. The van der Waals surface area contributed by atoms with Crippen molar-refractivity contribution in [1.29, 1.82) is 0 Å². The van der Waals surface area contributed by atoms with Crippen LogP contribution in [0.1, 0.15) is 55.9 Å². The topological polar surface area (TPSA) is 25.8 Å². The highest BCUT2D eigenvalue weighted by Crippen LogP contribution is 2.28. The van der Waals surface area contributed by atoms with Gasteiger partial charge < -0.3 is 0 Å². The van der Waals surface area contributed by atoms with Crippen LogP contribution in [0, 0.1) is 0 Å². The molecule has 0 radical (unpaired) electrons. The predicted molar refractivity (Wildman–Crippen MR) is 212 cm³/mol. The lowest BCUT2D eigenvalue weighted by Gasteiger charge is -2.09. The molecule has 7 rings (SSSR count). The molecule has 0 aliphatic rings. The van der Waals surface area contributed by atoms with E-state index in [1.54, 1.807) is 0 Å². The minimum atomic E-state index is 0.949. The maximum atomic E-state index is 4.66. The molecule has 5 aromatic carbocycles. The number of rotatable bonds is 10. The Hall–Kier alpha value is -6.64. The zero-order valence-corrected chi connectivity index (χ0v) is 27.7. The van der Waals surface area contributed by atoms with E-state index >= 15 is 0 Å². The van der Waals surface area contributed by atoms with Crippen LogP contribution in [0.4, 0.5) is 0 Å². The van der Waals surface area contributed by atoms with E-state index < -0.39 is 0 Å². The normalized spacial score (nSPS) is 12.1. The number of nitrogens with zero attached hydrogens (tertiary/aromatic N) is 2. The third-order valence-corrected chi connectivity index (χ3v) is 8.49. The molecule has 0 spiro atoms. The average Bonchev–Trinajstić information content (AvgIpc) is 3.20. The Morgan fingerprint density at radius 1 is 0.320 bits per heavy atom. The number of benzene rings is 5. The van der Waals surface area contributed by atoms with Crippen LogP contribution in [-0.4, -0.2) is 9.97 Å². The van der Waals surface area contributed by atoms with E-state index in [4.69, 9.17) is 0 Å². The molecule has 0 fully saturated rings. The summed E-state index contributed by atoms with van der Waals surface area (Å²) in [5.41, 5.74) is 13.2. The number of hydrogen-bond donors (Lipinski definition) is 0. The van der Waals surface area contributed by atoms with E-state index in [0.29, 0.717) is 0 Å². The molecule has 50 heavy (non-hydrogen) atoms. The first-order valence-corrected chi connectivity index (χ1v) is 16.8. The van der Waals surface area contributed by atoms with Crippen molar-refractivity contribution in [3.63, 3.8) is 0 Å². The molecule has 0 bridgehead atoms. The molecule has 7 aromatic rings. The standard InChI is InChI=1S/C48H36N2/c1-3-17-41(18-4-1)45(47-23-11-13-33-49-47)35-43-21-9-7-15-39(43)31-29-37-25-27-38(28-26-37)30-32-40-16-8-10-22-44(40)36-46(42-19-5-2-6-20-42)48-24-12-14-34-50-48/h1-36H. The SMILES string of the molecule is C(=Cc1ccccc1C=C(c1ccccc1)c1ccccn1)c1ccc(C=Cc2ccccc2C=C(c2ccccc2)c2ccccn2)cc1. The molecule has 0 aliphatic heterocycles. The van der Waals surface area contributed by atoms with Crippen LogP contribution in [-0.2, 0) is 0 Å². The minimum absolute atomic E-state index is 0.949. The molecule has 0 saturated heterocycles. The van der Waals surface area contributed by atoms with Crippen LogP contribution in [0.25, 0.3) is 47.6 Å². The molecule has 0 aliphatic carbocycles. The van der Waals surface area contributed by atoms with Gasteiger partial charge in [-0.05, 0) is 80.9 Å². The Balaban J connectivity index is 1.12. The highest BCUT2D eigenvalue weighted by Gasteiger charge is 2.09. The Kier molecular flexibility index (Phi) is 10.2. The van der Waals surface area contributed by atoms with Gasteiger partial charge in [-0.15, -0.1) is 0 Å². The summed E-state index contributed by atoms with van der Waals surface area (Å²) in [6, 6.07) is 58.6. The summed E-state index contributed by atoms with van der Waals surface area (Å²) in [4.78, 5) is 9.33.